The first-order valence-electron chi connectivity index (χ1n) is 6.33. The van der Waals surface area contributed by atoms with E-state index in [1.165, 1.54) is 16.2 Å². The molecular formula is C12H17N3O4S. The smallest absolute Gasteiger partial charge is 0.323 e. The summed E-state index contributed by atoms with van der Waals surface area (Å²) >= 11 is 1.38. The third-order valence-corrected chi connectivity index (χ3v) is 4.03. The van der Waals surface area contributed by atoms with E-state index in [4.69, 9.17) is 9.84 Å². The highest BCUT2D eigenvalue weighted by Gasteiger charge is 2.39. The lowest BCUT2D eigenvalue weighted by Crippen LogP contribution is -2.48. The molecule has 8 heteroatoms. The Morgan fingerprint density at radius 3 is 2.90 bits per heavy atom. The van der Waals surface area contributed by atoms with Crippen LogP contribution in [0.1, 0.15) is 11.8 Å². The Morgan fingerprint density at radius 2 is 2.35 bits per heavy atom. The molecule has 20 heavy (non-hydrogen) atoms. The summed E-state index contributed by atoms with van der Waals surface area (Å²) in [7, 11) is 0. The number of carboxylic acids is 1. The second-order valence-corrected chi connectivity index (χ2v) is 5.78. The molecule has 0 aromatic carbocycles. The average Bonchev–Trinajstić information content (AvgIpc) is 3.00. The molecule has 0 radical (unpaired) electrons. The molecule has 2 rings (SSSR count). The molecule has 1 aromatic heterocycles. The number of ether oxygens (including phenoxy) is 1. The van der Waals surface area contributed by atoms with Gasteiger partial charge < -0.3 is 14.7 Å². The van der Waals surface area contributed by atoms with Gasteiger partial charge in [-0.1, -0.05) is 0 Å². The summed E-state index contributed by atoms with van der Waals surface area (Å²) in [6.45, 7) is 4.50. The minimum atomic E-state index is -0.941. The number of aromatic nitrogens is 1. The largest absolute Gasteiger partial charge is 0.481 e. The summed E-state index contributed by atoms with van der Waals surface area (Å²) in [5, 5.41) is 12.4. The number of anilines is 1. The average molecular weight is 299 g/mol. The molecule has 1 aliphatic rings. The number of hydrogen-bond acceptors (Lipinski definition) is 5. The van der Waals surface area contributed by atoms with Crippen molar-refractivity contribution in [1.29, 1.82) is 0 Å². The monoisotopic (exact) mass is 299 g/mol. The van der Waals surface area contributed by atoms with E-state index >= 15 is 0 Å². The molecular weight excluding hydrogens is 282 g/mol. The van der Waals surface area contributed by atoms with Gasteiger partial charge in [-0.3, -0.25) is 10.1 Å². The van der Waals surface area contributed by atoms with E-state index in [1.54, 1.807) is 6.20 Å². The van der Waals surface area contributed by atoms with Gasteiger partial charge in [0.05, 0.1) is 19.3 Å². The Balaban J connectivity index is 2.07. The van der Waals surface area contributed by atoms with Crippen LogP contribution >= 0.6 is 11.3 Å². The van der Waals surface area contributed by atoms with Gasteiger partial charge in [0.15, 0.2) is 5.13 Å². The number of amides is 2. The lowest BCUT2D eigenvalue weighted by Gasteiger charge is -2.28. The summed E-state index contributed by atoms with van der Waals surface area (Å²) < 4.78 is 5.20. The number of hydrogen-bond donors (Lipinski definition) is 2. The Kier molecular flexibility index (Phi) is 4.56. The van der Waals surface area contributed by atoms with Crippen molar-refractivity contribution in [1.82, 2.24) is 9.88 Å². The van der Waals surface area contributed by atoms with Crippen molar-refractivity contribution in [3.8, 4) is 0 Å². The first-order valence-corrected chi connectivity index (χ1v) is 7.15. The fourth-order valence-corrected chi connectivity index (χ4v) is 2.84. The maximum absolute atomic E-state index is 12.2. The van der Waals surface area contributed by atoms with Crippen LogP contribution in [0.4, 0.5) is 9.93 Å². The van der Waals surface area contributed by atoms with Crippen molar-refractivity contribution < 1.29 is 19.4 Å². The molecule has 2 unspecified atom stereocenters. The third kappa shape index (κ3) is 3.07. The number of nitrogens with zero attached hydrogens (tertiary/aromatic N) is 2. The third-order valence-electron chi connectivity index (χ3n) is 3.20. The van der Waals surface area contributed by atoms with Crippen LogP contribution in [0, 0.1) is 12.8 Å². The number of likely N-dealkylation sites (N-methyl/N-ethyl adjacent to an activating group) is 1. The summed E-state index contributed by atoms with van der Waals surface area (Å²) in [6.07, 6.45) is 1.68. The molecule has 110 valence electrons. The van der Waals surface area contributed by atoms with E-state index in [-0.39, 0.29) is 19.2 Å². The van der Waals surface area contributed by atoms with E-state index in [0.717, 1.165) is 4.88 Å². The summed E-state index contributed by atoms with van der Waals surface area (Å²) in [5.41, 5.74) is 0. The molecule has 0 bridgehead atoms. The number of carboxylic acid groups (broad SMARTS) is 1. The lowest BCUT2D eigenvalue weighted by atomic mass is 10.0. The first kappa shape index (κ1) is 14.7. The highest BCUT2D eigenvalue weighted by Crippen LogP contribution is 2.22. The zero-order valence-electron chi connectivity index (χ0n) is 11.3. The predicted molar refractivity (Wildman–Crippen MR) is 74.0 cm³/mol. The van der Waals surface area contributed by atoms with Gasteiger partial charge >= 0.3 is 12.0 Å². The molecule has 2 N–H and O–H groups in total. The Bertz CT molecular complexity index is 505. The van der Waals surface area contributed by atoms with Gasteiger partial charge in [-0.05, 0) is 13.8 Å². The quantitative estimate of drug-likeness (QED) is 0.877. The number of carbonyl (C=O) groups is 2. The minimum Gasteiger partial charge on any atom is -0.481 e. The second kappa shape index (κ2) is 6.19. The number of nitrogens with one attached hydrogen (secondary N) is 1. The number of aliphatic carboxylic acids is 1. The summed E-state index contributed by atoms with van der Waals surface area (Å²) in [6, 6.07) is -0.790. The van der Waals surface area contributed by atoms with E-state index < -0.39 is 17.9 Å². The fraction of sp³-hybridized carbons (Fsp3) is 0.583. The van der Waals surface area contributed by atoms with Crippen LogP contribution in [0.25, 0.3) is 0 Å². The van der Waals surface area contributed by atoms with Crippen molar-refractivity contribution in [3.05, 3.63) is 11.1 Å². The Hall–Kier alpha value is -1.67. The minimum absolute atomic E-state index is 0.139. The molecule has 0 saturated carbocycles. The van der Waals surface area contributed by atoms with E-state index in [1.807, 2.05) is 13.8 Å². The number of urea groups is 1. The highest BCUT2D eigenvalue weighted by atomic mass is 32.1. The van der Waals surface area contributed by atoms with Gasteiger partial charge in [-0.2, -0.15) is 0 Å². The number of aryl methyl sites for hydroxylation is 1. The topological polar surface area (TPSA) is 91.8 Å². The van der Waals surface area contributed by atoms with Crippen LogP contribution in [0.15, 0.2) is 6.20 Å². The van der Waals surface area contributed by atoms with Crippen LogP contribution in [0.5, 0.6) is 0 Å². The van der Waals surface area contributed by atoms with Crippen molar-refractivity contribution in [3.63, 3.8) is 0 Å². The van der Waals surface area contributed by atoms with Crippen LogP contribution < -0.4 is 5.32 Å². The van der Waals surface area contributed by atoms with Crippen molar-refractivity contribution in [2.45, 2.75) is 19.9 Å². The molecule has 0 spiro atoms. The molecule has 7 nitrogen and oxygen atoms in total. The second-order valence-electron chi connectivity index (χ2n) is 4.54. The number of thiazole rings is 1. The van der Waals surface area contributed by atoms with Gasteiger partial charge in [0.25, 0.3) is 0 Å². The first-order chi connectivity index (χ1) is 9.52. The maximum Gasteiger partial charge on any atom is 0.323 e. The molecule has 1 aliphatic heterocycles. The lowest BCUT2D eigenvalue weighted by molar-refractivity contribution is -0.142. The van der Waals surface area contributed by atoms with Crippen LogP contribution in [-0.2, 0) is 9.53 Å². The molecule has 2 atom stereocenters. The molecule has 1 aromatic rings. The number of rotatable bonds is 4. The van der Waals surface area contributed by atoms with Gasteiger partial charge in [-0.25, -0.2) is 9.78 Å². The Labute approximate surface area is 120 Å². The van der Waals surface area contributed by atoms with Gasteiger partial charge in [0.1, 0.15) is 5.92 Å². The van der Waals surface area contributed by atoms with E-state index in [2.05, 4.69) is 10.3 Å². The van der Waals surface area contributed by atoms with E-state index in [0.29, 0.717) is 11.7 Å². The standard InChI is InChI=1S/C12H17N3O4S/c1-3-15(9-6-19-5-8(9)10(16)17)12(18)14-11-13-4-7(2)20-11/h4,8-9H,3,5-6H2,1-2H3,(H,16,17)(H,13,14,18). The van der Waals surface area contributed by atoms with Crippen molar-refractivity contribution in [2.75, 3.05) is 25.1 Å². The molecule has 1 saturated heterocycles. The maximum atomic E-state index is 12.2. The van der Waals surface area contributed by atoms with Gasteiger partial charge in [0, 0.05) is 17.6 Å². The highest BCUT2D eigenvalue weighted by molar-refractivity contribution is 7.15. The summed E-state index contributed by atoms with van der Waals surface area (Å²) in [4.78, 5) is 30.0. The zero-order chi connectivity index (χ0) is 14.7. The normalized spacial score (nSPS) is 21.7. The Morgan fingerprint density at radius 1 is 1.60 bits per heavy atom. The number of carbonyl (C=O) groups excluding carboxylic acids is 1. The SMILES string of the molecule is CCN(C(=O)Nc1ncc(C)s1)C1COCC1C(=O)O. The van der Waals surface area contributed by atoms with Crippen LogP contribution in [0.3, 0.4) is 0 Å². The van der Waals surface area contributed by atoms with Crippen molar-refractivity contribution in [2.24, 2.45) is 5.92 Å². The molecule has 2 amide bonds. The zero-order valence-corrected chi connectivity index (χ0v) is 12.1. The predicted octanol–water partition coefficient (Wildman–Crippen LogP) is 1.40. The van der Waals surface area contributed by atoms with Crippen molar-refractivity contribution >= 4 is 28.5 Å². The molecule has 0 aliphatic carbocycles. The fourth-order valence-electron chi connectivity index (χ4n) is 2.19. The molecule has 2 heterocycles. The van der Waals surface area contributed by atoms with Gasteiger partial charge in [-0.15, -0.1) is 11.3 Å². The van der Waals surface area contributed by atoms with Crippen LogP contribution in [-0.4, -0.2) is 52.8 Å². The van der Waals surface area contributed by atoms with Gasteiger partial charge in [0.2, 0.25) is 0 Å². The van der Waals surface area contributed by atoms with E-state index in [9.17, 15) is 9.59 Å². The van der Waals surface area contributed by atoms with Crippen LogP contribution in [0.2, 0.25) is 0 Å². The summed E-state index contributed by atoms with van der Waals surface area (Å²) in [5.74, 6) is -1.62. The molecule has 1 fully saturated rings.